The molecule has 0 fully saturated rings. The first-order valence-corrected chi connectivity index (χ1v) is 3.92. The van der Waals surface area contributed by atoms with Gasteiger partial charge in [0.25, 0.3) is 0 Å². The minimum absolute atomic E-state index is 0.108. The van der Waals surface area contributed by atoms with Crippen LogP contribution in [0, 0.1) is 10.7 Å². The zero-order valence-electron chi connectivity index (χ0n) is 4.17. The first-order valence-electron chi connectivity index (χ1n) is 1.97. The first kappa shape index (κ1) is 10.4. The molecule has 0 spiro atoms. The monoisotopic (exact) mass is 226 g/mol. The van der Waals surface area contributed by atoms with Crippen LogP contribution < -0.4 is 0 Å². The summed E-state index contributed by atoms with van der Waals surface area (Å²) in [6.45, 7) is 0. The second kappa shape index (κ2) is 4.35. The minimum Gasteiger partial charge on any atom is -0.118 e. The molecule has 0 saturated carbocycles. The summed E-state index contributed by atoms with van der Waals surface area (Å²) in [5.41, 5.74) is 0. The fourth-order valence-electron chi connectivity index (χ4n) is 0.217. The molecule has 0 unspecified atom stereocenters. The van der Waals surface area contributed by atoms with Crippen LogP contribution in [0.25, 0.3) is 0 Å². The van der Waals surface area contributed by atoms with Crippen LogP contribution in [0.1, 0.15) is 6.42 Å². The van der Waals surface area contributed by atoms with E-state index in [-0.39, 0.29) is 11.3 Å². The highest BCUT2D eigenvalue weighted by Gasteiger charge is 2.26. The number of hydrogen-bond acceptors (Lipinski definition) is 0. The minimum atomic E-state index is -1.15. The Bertz CT molecular complexity index is 79.0. The highest BCUT2D eigenvalue weighted by molar-refractivity contribution is 6.57. The van der Waals surface area contributed by atoms with Gasteiger partial charge in [-0.1, -0.05) is 46.4 Å². The summed E-state index contributed by atoms with van der Waals surface area (Å²) in [5, 5.41) is 0. The van der Waals surface area contributed by atoms with Crippen molar-refractivity contribution in [2.24, 2.45) is 0 Å². The molecular formula is C4H3Cl5. The Morgan fingerprint density at radius 2 is 1.78 bits per heavy atom. The van der Waals surface area contributed by atoms with Crippen molar-refractivity contribution < 1.29 is 0 Å². The molecule has 2 radical (unpaired) electrons. The molecule has 54 valence electrons. The number of alkyl halides is 2. The quantitative estimate of drug-likeness (QED) is 0.642. The summed E-state index contributed by atoms with van der Waals surface area (Å²) in [4.78, 5) is 0.108. The van der Waals surface area contributed by atoms with E-state index >= 15 is 0 Å². The molecule has 0 aromatic heterocycles. The molecular weight excluding hydrogens is 225 g/mol. The van der Waals surface area contributed by atoms with Crippen molar-refractivity contribution in [3.8, 4) is 0 Å². The summed E-state index contributed by atoms with van der Waals surface area (Å²) < 4.78 is -1.15. The number of rotatable bonds is 3. The van der Waals surface area contributed by atoms with Crippen molar-refractivity contribution in [2.45, 2.75) is 10.8 Å². The van der Waals surface area contributed by atoms with Gasteiger partial charge in [0.15, 0.2) is 4.84 Å². The third-order valence-electron chi connectivity index (χ3n) is 0.529. The molecule has 0 aliphatic rings. The summed E-state index contributed by atoms with van der Waals surface area (Å²) in [6, 6.07) is 0. The zero-order chi connectivity index (χ0) is 7.49. The van der Waals surface area contributed by atoms with E-state index in [1.807, 2.05) is 0 Å². The second-order valence-electron chi connectivity index (χ2n) is 1.39. The van der Waals surface area contributed by atoms with Gasteiger partial charge < -0.3 is 0 Å². The standard InChI is InChI=1S/C4H3Cl5/c5-2-4(8,9)1-3(6)7/h2H,1H2. The maximum Gasteiger partial charge on any atom is 0.154 e. The third-order valence-corrected chi connectivity index (χ3v) is 1.88. The lowest BCUT2D eigenvalue weighted by molar-refractivity contribution is 0.918. The summed E-state index contributed by atoms with van der Waals surface area (Å²) in [7, 11) is 0. The third kappa shape index (κ3) is 5.87. The molecule has 0 nitrogen and oxygen atoms in total. The molecule has 0 N–H and O–H groups in total. The maximum absolute atomic E-state index is 5.50. The molecule has 0 heterocycles. The normalized spacial score (nSPS) is 12.7. The van der Waals surface area contributed by atoms with Crippen molar-refractivity contribution in [3.63, 3.8) is 0 Å². The highest BCUT2D eigenvalue weighted by atomic mass is 35.5. The Morgan fingerprint density at radius 1 is 1.33 bits per heavy atom. The fourth-order valence-corrected chi connectivity index (χ4v) is 1.26. The van der Waals surface area contributed by atoms with E-state index in [4.69, 9.17) is 58.0 Å². The summed E-state index contributed by atoms with van der Waals surface area (Å²) in [5.74, 6) is 1.10. The Hall–Kier alpha value is 1.45. The van der Waals surface area contributed by atoms with Crippen LogP contribution in [0.3, 0.4) is 0 Å². The van der Waals surface area contributed by atoms with Crippen LogP contribution in [0.4, 0.5) is 0 Å². The molecule has 0 saturated heterocycles. The molecule has 5 heteroatoms. The van der Waals surface area contributed by atoms with Crippen LogP contribution in [-0.4, -0.2) is 4.33 Å². The van der Waals surface area contributed by atoms with Crippen molar-refractivity contribution in [1.29, 1.82) is 0 Å². The van der Waals surface area contributed by atoms with Gasteiger partial charge in [0.2, 0.25) is 0 Å². The maximum atomic E-state index is 5.50. The van der Waals surface area contributed by atoms with Crippen molar-refractivity contribution >= 4 is 58.0 Å². The lowest BCUT2D eigenvalue weighted by Crippen LogP contribution is -2.10. The smallest absolute Gasteiger partial charge is 0.118 e. The van der Waals surface area contributed by atoms with E-state index in [1.54, 1.807) is 0 Å². The van der Waals surface area contributed by atoms with Gasteiger partial charge >= 0.3 is 0 Å². The first-order chi connectivity index (χ1) is 3.98. The summed E-state index contributed by atoms with van der Waals surface area (Å²) >= 11 is 26.8. The topological polar surface area (TPSA) is 0 Å². The average Bonchev–Trinajstić information content (AvgIpc) is 1.63. The van der Waals surface area contributed by atoms with Crippen LogP contribution in [-0.2, 0) is 0 Å². The van der Waals surface area contributed by atoms with Crippen LogP contribution in [0.2, 0.25) is 0 Å². The van der Waals surface area contributed by atoms with Gasteiger partial charge in [0, 0.05) is 6.42 Å². The van der Waals surface area contributed by atoms with Gasteiger partial charge in [0.1, 0.15) is 4.33 Å². The Kier molecular flexibility index (Phi) is 5.05. The SMILES string of the molecule is Cl[CH]C(Cl)(Cl)C[C](Cl)Cl. The van der Waals surface area contributed by atoms with Crippen molar-refractivity contribution in [1.82, 2.24) is 0 Å². The summed E-state index contributed by atoms with van der Waals surface area (Å²) in [6.07, 6.45) is 0.142. The van der Waals surface area contributed by atoms with Gasteiger partial charge in [-0.2, -0.15) is 0 Å². The van der Waals surface area contributed by atoms with E-state index in [0.29, 0.717) is 0 Å². The Morgan fingerprint density at radius 3 is 1.89 bits per heavy atom. The molecule has 0 rings (SSSR count). The van der Waals surface area contributed by atoms with Gasteiger partial charge in [-0.3, -0.25) is 0 Å². The molecule has 9 heavy (non-hydrogen) atoms. The Labute approximate surface area is 79.4 Å². The van der Waals surface area contributed by atoms with Gasteiger partial charge in [-0.15, -0.1) is 11.6 Å². The molecule has 0 bridgehead atoms. The van der Waals surface area contributed by atoms with E-state index in [2.05, 4.69) is 0 Å². The van der Waals surface area contributed by atoms with E-state index < -0.39 is 4.33 Å². The molecule has 0 aromatic carbocycles. The van der Waals surface area contributed by atoms with Crippen LogP contribution in [0.5, 0.6) is 0 Å². The van der Waals surface area contributed by atoms with Gasteiger partial charge in [-0.05, 0) is 0 Å². The molecule has 0 amide bonds. The number of halogens is 5. The fraction of sp³-hybridized carbons (Fsp3) is 0.500. The average molecular weight is 228 g/mol. The van der Waals surface area contributed by atoms with Gasteiger partial charge in [0.05, 0.1) is 5.88 Å². The van der Waals surface area contributed by atoms with Crippen molar-refractivity contribution in [3.05, 3.63) is 10.7 Å². The molecule has 0 aromatic rings. The molecule has 0 aliphatic heterocycles. The number of hydrogen-bond donors (Lipinski definition) is 0. The second-order valence-corrected chi connectivity index (χ2v) is 4.25. The predicted octanol–water partition coefficient (Wildman–Crippen LogP) is 3.92. The van der Waals surface area contributed by atoms with E-state index in [0.717, 1.165) is 5.88 Å². The van der Waals surface area contributed by atoms with Gasteiger partial charge in [-0.25, -0.2) is 0 Å². The predicted molar refractivity (Wildman–Crippen MR) is 44.2 cm³/mol. The Balaban J connectivity index is 3.58. The lowest BCUT2D eigenvalue weighted by Gasteiger charge is -2.14. The molecule has 0 atom stereocenters. The van der Waals surface area contributed by atoms with Crippen molar-refractivity contribution in [2.75, 3.05) is 0 Å². The highest BCUT2D eigenvalue weighted by Crippen LogP contribution is 2.37. The zero-order valence-corrected chi connectivity index (χ0v) is 7.95. The molecule has 0 aliphatic carbocycles. The van der Waals surface area contributed by atoms with E-state index in [1.165, 1.54) is 0 Å². The lowest BCUT2D eigenvalue weighted by atomic mass is 10.3. The van der Waals surface area contributed by atoms with E-state index in [9.17, 15) is 0 Å². The largest absolute Gasteiger partial charge is 0.154 e. The van der Waals surface area contributed by atoms with Crippen LogP contribution >= 0.6 is 58.0 Å². The van der Waals surface area contributed by atoms with Crippen LogP contribution in [0.15, 0.2) is 0 Å².